The summed E-state index contributed by atoms with van der Waals surface area (Å²) >= 11 is 0. The largest absolute Gasteiger partial charge is 0.460 e. The van der Waals surface area contributed by atoms with E-state index in [1.807, 2.05) is 12.2 Å². The van der Waals surface area contributed by atoms with Gasteiger partial charge in [0.15, 0.2) is 8.32 Å². The monoisotopic (exact) mass is 382 g/mol. The molecule has 6 nitrogen and oxygen atoms in total. The SMILES string of the molecule is CCCCC/C=C/C(CC(=O)C(=[N+]=[N-])C(=O)OC)O[Si](C)(C)C(C)(C)C. The fourth-order valence-electron chi connectivity index (χ4n) is 2.05. The fraction of sp³-hybridized carbons (Fsp3) is 0.737. The number of ketones is 1. The minimum atomic E-state index is -2.11. The van der Waals surface area contributed by atoms with Crippen LogP contribution in [0.15, 0.2) is 12.2 Å². The minimum Gasteiger partial charge on any atom is -0.460 e. The van der Waals surface area contributed by atoms with E-state index >= 15 is 0 Å². The molecule has 0 aromatic carbocycles. The molecular formula is C19H34N2O4Si. The van der Waals surface area contributed by atoms with Crippen LogP contribution in [0.1, 0.15) is 59.8 Å². The second-order valence-corrected chi connectivity index (χ2v) is 12.7. The van der Waals surface area contributed by atoms with Gasteiger partial charge in [-0.1, -0.05) is 52.7 Å². The number of unbranched alkanes of at least 4 members (excludes halogenated alkanes) is 3. The second-order valence-electron chi connectivity index (χ2n) is 7.91. The summed E-state index contributed by atoms with van der Waals surface area (Å²) in [6, 6.07) is 0. The fourth-order valence-corrected chi connectivity index (χ4v) is 3.32. The molecule has 0 N–H and O–H groups in total. The third-order valence-electron chi connectivity index (χ3n) is 4.71. The molecule has 0 fully saturated rings. The molecule has 26 heavy (non-hydrogen) atoms. The third kappa shape index (κ3) is 8.21. The highest BCUT2D eigenvalue weighted by Gasteiger charge is 2.40. The van der Waals surface area contributed by atoms with Gasteiger partial charge in [-0.3, -0.25) is 4.79 Å². The normalized spacial score (nSPS) is 13.3. The van der Waals surface area contributed by atoms with Crippen molar-refractivity contribution in [2.45, 2.75) is 84.0 Å². The maximum Gasteiger partial charge on any atom is 0.441 e. The number of hydrogen-bond donors (Lipinski definition) is 0. The number of ether oxygens (including phenoxy) is 1. The van der Waals surface area contributed by atoms with Gasteiger partial charge in [0.1, 0.15) is 0 Å². The molecule has 0 aliphatic rings. The summed E-state index contributed by atoms with van der Waals surface area (Å²) in [5, 5.41) is -0.0133. The quantitative estimate of drug-likeness (QED) is 0.0778. The summed E-state index contributed by atoms with van der Waals surface area (Å²) in [5.41, 5.74) is 8.36. The lowest BCUT2D eigenvalue weighted by molar-refractivity contribution is -0.139. The smallest absolute Gasteiger partial charge is 0.441 e. The van der Waals surface area contributed by atoms with Crippen LogP contribution in [-0.4, -0.2) is 43.8 Å². The molecule has 0 amide bonds. The van der Waals surface area contributed by atoms with Crippen molar-refractivity contribution in [2.75, 3.05) is 7.11 Å². The molecule has 0 aromatic rings. The summed E-state index contributed by atoms with van der Waals surface area (Å²) in [4.78, 5) is 26.7. The summed E-state index contributed by atoms with van der Waals surface area (Å²) in [6.07, 6.45) is 7.68. The van der Waals surface area contributed by atoms with Crippen LogP contribution < -0.4 is 0 Å². The average Bonchev–Trinajstić information content (AvgIpc) is 2.53. The number of hydrogen-bond acceptors (Lipinski definition) is 4. The van der Waals surface area contributed by atoms with Crippen molar-refractivity contribution < 1.29 is 23.5 Å². The van der Waals surface area contributed by atoms with Crippen LogP contribution in [0.3, 0.4) is 0 Å². The van der Waals surface area contributed by atoms with Crippen molar-refractivity contribution in [1.82, 2.24) is 0 Å². The Morgan fingerprint density at radius 2 is 1.85 bits per heavy atom. The molecule has 0 bridgehead atoms. The minimum absolute atomic E-state index is 0.0133. The zero-order valence-corrected chi connectivity index (χ0v) is 18.3. The van der Waals surface area contributed by atoms with Crippen LogP contribution in [0.2, 0.25) is 18.1 Å². The Morgan fingerprint density at radius 1 is 1.23 bits per heavy atom. The number of carbonyl (C=O) groups is 2. The first-order valence-corrected chi connectivity index (χ1v) is 12.1. The number of Topliss-reactive ketones (excluding diaryl/α,β-unsaturated/α-hetero) is 1. The predicted molar refractivity (Wildman–Crippen MR) is 106 cm³/mol. The van der Waals surface area contributed by atoms with Crippen LogP contribution in [0.5, 0.6) is 0 Å². The first-order valence-electron chi connectivity index (χ1n) is 9.18. The number of allylic oxidation sites excluding steroid dienone is 1. The second kappa shape index (κ2) is 11.2. The Hall–Kier alpha value is -1.56. The molecule has 0 heterocycles. The van der Waals surface area contributed by atoms with Gasteiger partial charge in [0.05, 0.1) is 13.2 Å². The van der Waals surface area contributed by atoms with E-state index in [9.17, 15) is 9.59 Å². The first kappa shape index (κ1) is 24.4. The highest BCUT2D eigenvalue weighted by Crippen LogP contribution is 2.37. The van der Waals surface area contributed by atoms with E-state index < -0.39 is 31.9 Å². The maximum atomic E-state index is 12.4. The molecule has 0 radical (unpaired) electrons. The Morgan fingerprint density at radius 3 is 2.31 bits per heavy atom. The average molecular weight is 383 g/mol. The number of nitrogens with zero attached hydrogens (tertiary/aromatic N) is 2. The number of carbonyl (C=O) groups excluding carboxylic acids is 2. The highest BCUT2D eigenvalue weighted by molar-refractivity contribution is 6.74. The van der Waals surface area contributed by atoms with Gasteiger partial charge < -0.3 is 14.7 Å². The van der Waals surface area contributed by atoms with E-state index in [-0.39, 0.29) is 11.5 Å². The standard InChI is InChI=1S/C19H34N2O4Si/c1-8-9-10-11-12-13-15(25-26(6,7)19(2,3)4)14-16(22)17(21-20)18(23)24-5/h12-13,15H,8-11,14H2,1-7H3/b13-12+. The maximum absolute atomic E-state index is 12.4. The van der Waals surface area contributed by atoms with Crippen LogP contribution >= 0.6 is 0 Å². The summed E-state index contributed by atoms with van der Waals surface area (Å²) in [7, 11) is -0.976. The Labute approximate surface area is 158 Å². The van der Waals surface area contributed by atoms with Crippen LogP contribution in [0.4, 0.5) is 0 Å². The lowest BCUT2D eigenvalue weighted by Gasteiger charge is -2.38. The topological polar surface area (TPSA) is 89.0 Å². The van der Waals surface area contributed by atoms with Gasteiger partial charge in [-0.05, 0) is 31.0 Å². The molecule has 0 saturated carbocycles. The van der Waals surface area contributed by atoms with Gasteiger partial charge in [-0.2, -0.15) is 4.79 Å². The Kier molecular flexibility index (Phi) is 10.5. The number of rotatable bonds is 11. The third-order valence-corrected chi connectivity index (χ3v) is 9.21. The van der Waals surface area contributed by atoms with E-state index in [0.717, 1.165) is 32.8 Å². The Balaban J connectivity index is 5.29. The van der Waals surface area contributed by atoms with Gasteiger partial charge in [0, 0.05) is 6.42 Å². The molecule has 1 atom stereocenters. The lowest BCUT2D eigenvalue weighted by Crippen LogP contribution is -2.44. The van der Waals surface area contributed by atoms with Crippen molar-refractivity contribution in [2.24, 2.45) is 0 Å². The summed E-state index contributed by atoms with van der Waals surface area (Å²) < 4.78 is 10.8. The first-order chi connectivity index (χ1) is 12.0. The summed E-state index contributed by atoms with van der Waals surface area (Å²) in [5.74, 6) is -1.54. The van der Waals surface area contributed by atoms with Gasteiger partial charge in [-0.25, -0.2) is 4.79 Å². The molecule has 7 heteroatoms. The van der Waals surface area contributed by atoms with Crippen LogP contribution in [0.25, 0.3) is 5.53 Å². The van der Waals surface area contributed by atoms with E-state index in [1.165, 1.54) is 0 Å². The predicted octanol–water partition coefficient (Wildman–Crippen LogP) is 4.32. The highest BCUT2D eigenvalue weighted by atomic mass is 28.4. The molecule has 0 spiro atoms. The van der Waals surface area contributed by atoms with E-state index in [0.29, 0.717) is 0 Å². The van der Waals surface area contributed by atoms with Crippen LogP contribution in [-0.2, 0) is 18.8 Å². The zero-order valence-electron chi connectivity index (χ0n) is 17.3. The van der Waals surface area contributed by atoms with Crippen molar-refractivity contribution in [3.8, 4) is 0 Å². The lowest BCUT2D eigenvalue weighted by atomic mass is 10.1. The van der Waals surface area contributed by atoms with Crippen molar-refractivity contribution >= 4 is 25.8 Å². The Bertz CT molecular complexity index is 558. The molecule has 0 saturated heterocycles. The van der Waals surface area contributed by atoms with Gasteiger partial charge in [0.2, 0.25) is 0 Å². The molecule has 0 aromatic heterocycles. The van der Waals surface area contributed by atoms with Gasteiger partial charge in [0.25, 0.3) is 5.78 Å². The molecule has 0 aliphatic carbocycles. The van der Waals surface area contributed by atoms with E-state index in [4.69, 9.17) is 9.96 Å². The molecule has 0 rings (SSSR count). The number of esters is 1. The number of methoxy groups -OCH3 is 1. The molecule has 1 unspecified atom stereocenters. The van der Waals surface area contributed by atoms with Crippen molar-refractivity contribution in [1.29, 1.82) is 0 Å². The molecular weight excluding hydrogens is 348 g/mol. The van der Waals surface area contributed by atoms with Gasteiger partial charge in [-0.15, -0.1) is 0 Å². The van der Waals surface area contributed by atoms with Crippen LogP contribution in [0, 0.1) is 0 Å². The van der Waals surface area contributed by atoms with Crippen molar-refractivity contribution in [3.05, 3.63) is 17.7 Å². The van der Waals surface area contributed by atoms with E-state index in [1.54, 1.807) is 0 Å². The molecule has 0 aliphatic heterocycles. The van der Waals surface area contributed by atoms with Crippen molar-refractivity contribution in [3.63, 3.8) is 0 Å². The van der Waals surface area contributed by atoms with E-state index in [2.05, 4.69) is 50.3 Å². The van der Waals surface area contributed by atoms with Gasteiger partial charge >= 0.3 is 11.7 Å². The summed E-state index contributed by atoms with van der Waals surface area (Å²) in [6.45, 7) is 12.7. The zero-order chi connectivity index (χ0) is 20.4. The molecule has 148 valence electrons.